The second-order valence-corrected chi connectivity index (χ2v) is 4.21. The number of rotatable bonds is 9. The predicted molar refractivity (Wildman–Crippen MR) is 67.3 cm³/mol. The molecular weight excluding hydrogens is 198 g/mol. The quantitative estimate of drug-likeness (QED) is 0.473. The second kappa shape index (κ2) is 8.08. The Morgan fingerprint density at radius 1 is 1.31 bits per heavy atom. The molecule has 0 aliphatic rings. The highest BCUT2D eigenvalue weighted by atomic mass is 15.4. The van der Waals surface area contributed by atoms with E-state index in [4.69, 9.17) is 0 Å². The van der Waals surface area contributed by atoms with Crippen LogP contribution in [-0.2, 0) is 13.0 Å². The number of aromatic nitrogens is 3. The van der Waals surface area contributed by atoms with Gasteiger partial charge in [0, 0.05) is 12.7 Å². The first-order valence-corrected chi connectivity index (χ1v) is 6.36. The van der Waals surface area contributed by atoms with Crippen LogP contribution in [0.25, 0.3) is 0 Å². The van der Waals surface area contributed by atoms with Crippen molar-refractivity contribution >= 4 is 0 Å². The van der Waals surface area contributed by atoms with Crippen LogP contribution >= 0.6 is 0 Å². The minimum Gasteiger partial charge on any atom is -0.252 e. The summed E-state index contributed by atoms with van der Waals surface area (Å²) in [7, 11) is 0. The Labute approximate surface area is 98.6 Å². The molecule has 1 aromatic heterocycles. The summed E-state index contributed by atoms with van der Waals surface area (Å²) in [5.74, 6) is 0. The minimum atomic E-state index is 1.000. The predicted octanol–water partition coefficient (Wildman–Crippen LogP) is 3.37. The van der Waals surface area contributed by atoms with E-state index in [1.807, 2.05) is 10.8 Å². The lowest BCUT2D eigenvalue weighted by Crippen LogP contribution is -1.97. The molecular formula is C13H23N3. The molecule has 3 heteroatoms. The molecule has 0 aliphatic heterocycles. The zero-order valence-electron chi connectivity index (χ0n) is 10.4. The van der Waals surface area contributed by atoms with Gasteiger partial charge in [-0.1, -0.05) is 31.1 Å². The van der Waals surface area contributed by atoms with E-state index in [-0.39, 0.29) is 0 Å². The SMILES string of the molecule is C=CCCCCCc1cn(CCCC)nn1. The van der Waals surface area contributed by atoms with E-state index < -0.39 is 0 Å². The molecule has 3 nitrogen and oxygen atoms in total. The number of hydrogen-bond donors (Lipinski definition) is 0. The van der Waals surface area contributed by atoms with E-state index in [1.54, 1.807) is 0 Å². The fraction of sp³-hybridized carbons (Fsp3) is 0.692. The standard InChI is InChI=1S/C13H23N3/c1-3-5-7-8-9-10-13-12-16(15-14-13)11-6-4-2/h3,12H,1,4-11H2,2H3. The average molecular weight is 221 g/mol. The van der Waals surface area contributed by atoms with Crippen molar-refractivity contribution in [3.05, 3.63) is 24.5 Å². The van der Waals surface area contributed by atoms with Gasteiger partial charge in [0.15, 0.2) is 0 Å². The van der Waals surface area contributed by atoms with Crippen LogP contribution in [0, 0.1) is 0 Å². The Morgan fingerprint density at radius 3 is 2.94 bits per heavy atom. The highest BCUT2D eigenvalue weighted by molar-refractivity contribution is 4.92. The van der Waals surface area contributed by atoms with E-state index in [0.717, 1.165) is 25.1 Å². The van der Waals surface area contributed by atoms with E-state index in [1.165, 1.54) is 32.1 Å². The smallest absolute Gasteiger partial charge is 0.0827 e. The highest BCUT2D eigenvalue weighted by Gasteiger charge is 1.99. The molecule has 0 saturated carbocycles. The molecule has 0 radical (unpaired) electrons. The maximum Gasteiger partial charge on any atom is 0.0827 e. The molecule has 0 bridgehead atoms. The molecule has 0 atom stereocenters. The number of allylic oxidation sites excluding steroid dienone is 1. The fourth-order valence-electron chi connectivity index (χ4n) is 1.65. The Kier molecular flexibility index (Phi) is 6.54. The van der Waals surface area contributed by atoms with Gasteiger partial charge in [-0.3, -0.25) is 4.68 Å². The molecule has 1 aromatic rings. The average Bonchev–Trinajstić information content (AvgIpc) is 2.74. The first-order chi connectivity index (χ1) is 7.86. The lowest BCUT2D eigenvalue weighted by molar-refractivity contribution is 0.553. The van der Waals surface area contributed by atoms with Crippen molar-refractivity contribution < 1.29 is 0 Å². The van der Waals surface area contributed by atoms with Crippen molar-refractivity contribution in [2.75, 3.05) is 0 Å². The minimum absolute atomic E-state index is 1.000. The monoisotopic (exact) mass is 221 g/mol. The lowest BCUT2D eigenvalue weighted by Gasteiger charge is -1.97. The molecule has 0 aliphatic carbocycles. The summed E-state index contributed by atoms with van der Waals surface area (Å²) in [5, 5.41) is 8.30. The van der Waals surface area contributed by atoms with Crippen LogP contribution in [0.1, 0.15) is 51.1 Å². The van der Waals surface area contributed by atoms with Crippen molar-refractivity contribution in [1.29, 1.82) is 0 Å². The summed E-state index contributed by atoms with van der Waals surface area (Å²) < 4.78 is 1.96. The summed E-state index contributed by atoms with van der Waals surface area (Å²) in [6.45, 7) is 6.91. The molecule has 0 spiro atoms. The summed E-state index contributed by atoms with van der Waals surface area (Å²) in [6, 6.07) is 0. The van der Waals surface area contributed by atoms with Crippen LogP contribution in [-0.4, -0.2) is 15.0 Å². The molecule has 1 heterocycles. The van der Waals surface area contributed by atoms with Gasteiger partial charge in [-0.2, -0.15) is 0 Å². The van der Waals surface area contributed by atoms with E-state index in [0.29, 0.717) is 0 Å². The molecule has 16 heavy (non-hydrogen) atoms. The van der Waals surface area contributed by atoms with Gasteiger partial charge < -0.3 is 0 Å². The molecule has 0 aromatic carbocycles. The third-order valence-corrected chi connectivity index (χ3v) is 2.67. The van der Waals surface area contributed by atoms with Gasteiger partial charge in [-0.25, -0.2) is 0 Å². The summed E-state index contributed by atoms with van der Waals surface area (Å²) in [6.07, 6.45) is 12.4. The zero-order chi connectivity index (χ0) is 11.6. The van der Waals surface area contributed by atoms with Crippen molar-refractivity contribution in [2.24, 2.45) is 0 Å². The molecule has 1 rings (SSSR count). The van der Waals surface area contributed by atoms with Crippen LogP contribution in [0.3, 0.4) is 0 Å². The number of unbranched alkanes of at least 4 members (excludes halogenated alkanes) is 4. The Balaban J connectivity index is 2.16. The van der Waals surface area contributed by atoms with Crippen molar-refractivity contribution in [3.63, 3.8) is 0 Å². The first kappa shape index (κ1) is 12.9. The first-order valence-electron chi connectivity index (χ1n) is 6.36. The fourth-order valence-corrected chi connectivity index (χ4v) is 1.65. The van der Waals surface area contributed by atoms with Crippen molar-refractivity contribution in [1.82, 2.24) is 15.0 Å². The van der Waals surface area contributed by atoms with Gasteiger partial charge in [0.05, 0.1) is 5.69 Å². The number of aryl methyl sites for hydroxylation is 2. The normalized spacial score (nSPS) is 10.6. The van der Waals surface area contributed by atoms with Gasteiger partial charge in [-0.05, 0) is 32.1 Å². The molecule has 0 amide bonds. The van der Waals surface area contributed by atoms with Gasteiger partial charge in [0.1, 0.15) is 0 Å². The van der Waals surface area contributed by atoms with Gasteiger partial charge in [0.2, 0.25) is 0 Å². The third-order valence-electron chi connectivity index (χ3n) is 2.67. The topological polar surface area (TPSA) is 30.7 Å². The number of hydrogen-bond acceptors (Lipinski definition) is 2. The molecule has 0 N–H and O–H groups in total. The van der Waals surface area contributed by atoms with E-state index >= 15 is 0 Å². The van der Waals surface area contributed by atoms with Gasteiger partial charge in [0.25, 0.3) is 0 Å². The summed E-state index contributed by atoms with van der Waals surface area (Å²) in [4.78, 5) is 0. The van der Waals surface area contributed by atoms with E-state index in [9.17, 15) is 0 Å². The Bertz CT molecular complexity index is 291. The summed E-state index contributed by atoms with van der Waals surface area (Å²) >= 11 is 0. The zero-order valence-corrected chi connectivity index (χ0v) is 10.4. The summed E-state index contributed by atoms with van der Waals surface area (Å²) in [5.41, 5.74) is 1.13. The second-order valence-electron chi connectivity index (χ2n) is 4.21. The van der Waals surface area contributed by atoms with Crippen LogP contribution < -0.4 is 0 Å². The van der Waals surface area contributed by atoms with Crippen LogP contribution in [0.15, 0.2) is 18.9 Å². The van der Waals surface area contributed by atoms with Crippen LogP contribution in [0.4, 0.5) is 0 Å². The van der Waals surface area contributed by atoms with Crippen molar-refractivity contribution in [3.8, 4) is 0 Å². The highest BCUT2D eigenvalue weighted by Crippen LogP contribution is 2.06. The maximum atomic E-state index is 4.18. The van der Waals surface area contributed by atoms with Gasteiger partial charge in [-0.15, -0.1) is 11.7 Å². The van der Waals surface area contributed by atoms with Crippen LogP contribution in [0.5, 0.6) is 0 Å². The lowest BCUT2D eigenvalue weighted by atomic mass is 10.1. The molecule has 0 fully saturated rings. The van der Waals surface area contributed by atoms with Crippen molar-refractivity contribution in [2.45, 2.75) is 58.4 Å². The van der Waals surface area contributed by atoms with Gasteiger partial charge >= 0.3 is 0 Å². The third kappa shape index (κ3) is 5.10. The largest absolute Gasteiger partial charge is 0.252 e. The Hall–Kier alpha value is -1.12. The van der Waals surface area contributed by atoms with E-state index in [2.05, 4.69) is 30.0 Å². The Morgan fingerprint density at radius 2 is 2.19 bits per heavy atom. The molecule has 0 unspecified atom stereocenters. The van der Waals surface area contributed by atoms with Crippen LogP contribution in [0.2, 0.25) is 0 Å². The number of nitrogens with zero attached hydrogens (tertiary/aromatic N) is 3. The molecule has 0 saturated heterocycles. The molecule has 90 valence electrons. The maximum absolute atomic E-state index is 4.18.